The maximum atomic E-state index is 13.8. The Morgan fingerprint density at radius 2 is 1.97 bits per heavy atom. The van der Waals surface area contributed by atoms with Gasteiger partial charge >= 0.3 is 5.97 Å². The number of ether oxygens (including phenoxy) is 2. The zero-order chi connectivity index (χ0) is 24.8. The average molecular weight is 545 g/mol. The molecule has 182 valence electrons. The van der Waals surface area contributed by atoms with Crippen LogP contribution >= 0.6 is 15.9 Å². The van der Waals surface area contributed by atoms with Crippen molar-refractivity contribution in [3.05, 3.63) is 86.4 Å². The van der Waals surface area contributed by atoms with Gasteiger partial charge in [-0.05, 0) is 61.6 Å². The van der Waals surface area contributed by atoms with Crippen molar-refractivity contribution in [1.82, 2.24) is 9.38 Å². The van der Waals surface area contributed by atoms with Crippen LogP contribution in [0, 0.1) is 0 Å². The van der Waals surface area contributed by atoms with Gasteiger partial charge in [0, 0.05) is 45.8 Å². The highest BCUT2D eigenvalue weighted by Gasteiger charge is 2.27. The Bertz CT molecular complexity index is 1660. The summed E-state index contributed by atoms with van der Waals surface area (Å²) in [4.78, 5) is 31.5. The third-order valence-electron chi connectivity index (χ3n) is 7.17. The van der Waals surface area contributed by atoms with E-state index in [1.807, 2.05) is 40.9 Å². The Morgan fingerprint density at radius 3 is 2.72 bits per heavy atom. The summed E-state index contributed by atoms with van der Waals surface area (Å²) < 4.78 is 14.7. The van der Waals surface area contributed by atoms with E-state index in [4.69, 9.17) is 9.47 Å². The lowest BCUT2D eigenvalue weighted by atomic mass is 9.97. The number of esters is 1. The second-order valence-electron chi connectivity index (χ2n) is 9.45. The van der Waals surface area contributed by atoms with Gasteiger partial charge in [0.1, 0.15) is 17.4 Å². The van der Waals surface area contributed by atoms with Crippen LogP contribution in [-0.4, -0.2) is 28.6 Å². The minimum atomic E-state index is -0.441. The number of fused-ring (bicyclic) bond motifs is 3. The van der Waals surface area contributed by atoms with E-state index in [1.165, 1.54) is 6.42 Å². The van der Waals surface area contributed by atoms with Gasteiger partial charge in [-0.15, -0.1) is 0 Å². The molecule has 6 nitrogen and oxygen atoms in total. The number of rotatable bonds is 5. The second kappa shape index (κ2) is 9.21. The van der Waals surface area contributed by atoms with Gasteiger partial charge in [-0.3, -0.25) is 9.78 Å². The molecule has 3 aromatic heterocycles. The Kier molecular flexibility index (Phi) is 5.88. The Hall–Kier alpha value is -3.45. The highest BCUT2D eigenvalue weighted by molar-refractivity contribution is 9.10. The van der Waals surface area contributed by atoms with Crippen LogP contribution < -0.4 is 10.2 Å². The first-order chi connectivity index (χ1) is 17.5. The molecule has 3 heterocycles. The number of halogens is 1. The van der Waals surface area contributed by atoms with Crippen LogP contribution in [0.25, 0.3) is 27.2 Å². The summed E-state index contributed by atoms with van der Waals surface area (Å²) in [6, 6.07) is 11.5. The first-order valence-electron chi connectivity index (χ1n) is 12.2. The normalized spacial score (nSPS) is 14.6. The molecule has 1 aliphatic carbocycles. The second-order valence-corrected chi connectivity index (χ2v) is 10.4. The number of methoxy groups -OCH3 is 1. The van der Waals surface area contributed by atoms with Crippen molar-refractivity contribution in [1.29, 1.82) is 0 Å². The summed E-state index contributed by atoms with van der Waals surface area (Å²) in [5.74, 6) is -0.00252. The van der Waals surface area contributed by atoms with Crippen LogP contribution in [0.5, 0.6) is 5.75 Å². The lowest BCUT2D eigenvalue weighted by Crippen LogP contribution is -2.21. The molecular formula is C29H25BrN2O4. The monoisotopic (exact) mass is 544 g/mol. The molecule has 7 heteroatoms. The molecular weight excluding hydrogens is 520 g/mol. The molecule has 6 rings (SSSR count). The SMILES string of the molecule is COc1c(C(=O)OC2CCCCC2)cc2c(=O)c(Cc3cccnc3)cn3c4ccc(Br)cc4c1c23. The van der Waals surface area contributed by atoms with Gasteiger partial charge in [-0.1, -0.05) is 28.4 Å². The van der Waals surface area contributed by atoms with E-state index >= 15 is 0 Å². The van der Waals surface area contributed by atoms with E-state index in [-0.39, 0.29) is 11.5 Å². The molecule has 36 heavy (non-hydrogen) atoms. The molecule has 0 unspecified atom stereocenters. The zero-order valence-electron chi connectivity index (χ0n) is 19.9. The van der Waals surface area contributed by atoms with Crippen LogP contribution in [0.1, 0.15) is 53.6 Å². The van der Waals surface area contributed by atoms with Crippen molar-refractivity contribution in [2.24, 2.45) is 0 Å². The minimum Gasteiger partial charge on any atom is -0.495 e. The number of pyridine rings is 2. The van der Waals surface area contributed by atoms with Gasteiger partial charge in [0.25, 0.3) is 0 Å². The van der Waals surface area contributed by atoms with Crippen LogP contribution in [0.2, 0.25) is 0 Å². The van der Waals surface area contributed by atoms with E-state index in [9.17, 15) is 9.59 Å². The summed E-state index contributed by atoms with van der Waals surface area (Å²) in [6.07, 6.45) is 10.7. The number of hydrogen-bond donors (Lipinski definition) is 0. The number of aromatic nitrogens is 2. The number of benzene rings is 2. The van der Waals surface area contributed by atoms with Gasteiger partial charge in [-0.25, -0.2) is 4.79 Å². The quantitative estimate of drug-likeness (QED) is 0.243. The van der Waals surface area contributed by atoms with E-state index in [0.29, 0.717) is 28.7 Å². The average Bonchev–Trinajstić information content (AvgIpc) is 3.21. The van der Waals surface area contributed by atoms with Crippen LogP contribution in [0.3, 0.4) is 0 Å². The van der Waals surface area contributed by atoms with E-state index in [2.05, 4.69) is 20.9 Å². The molecule has 0 aliphatic heterocycles. The summed E-state index contributed by atoms with van der Waals surface area (Å²) >= 11 is 3.58. The fourth-order valence-corrected chi connectivity index (χ4v) is 5.86. The molecule has 0 bridgehead atoms. The molecule has 5 aromatic rings. The zero-order valence-corrected chi connectivity index (χ0v) is 21.5. The van der Waals surface area contributed by atoms with E-state index in [0.717, 1.165) is 57.5 Å². The molecule has 0 atom stereocenters. The predicted octanol–water partition coefficient (Wildman–Crippen LogP) is 6.29. The molecule has 0 N–H and O–H groups in total. The van der Waals surface area contributed by atoms with E-state index in [1.54, 1.807) is 25.6 Å². The fraction of sp³-hybridized carbons (Fsp3) is 0.276. The van der Waals surface area contributed by atoms with Crippen molar-refractivity contribution in [3.63, 3.8) is 0 Å². The number of carbonyl (C=O) groups excluding carboxylic acids is 1. The van der Waals surface area contributed by atoms with Crippen molar-refractivity contribution >= 4 is 49.1 Å². The van der Waals surface area contributed by atoms with Crippen molar-refractivity contribution in [2.45, 2.75) is 44.6 Å². The summed E-state index contributed by atoms with van der Waals surface area (Å²) in [5, 5.41) is 2.12. The van der Waals surface area contributed by atoms with Crippen molar-refractivity contribution < 1.29 is 14.3 Å². The largest absolute Gasteiger partial charge is 0.495 e. The minimum absolute atomic E-state index is 0.102. The number of carbonyl (C=O) groups is 1. The van der Waals surface area contributed by atoms with Gasteiger partial charge in [0.05, 0.1) is 23.5 Å². The maximum absolute atomic E-state index is 13.8. The third-order valence-corrected chi connectivity index (χ3v) is 7.66. The fourth-order valence-electron chi connectivity index (χ4n) is 5.50. The summed E-state index contributed by atoms with van der Waals surface area (Å²) in [6.45, 7) is 0. The van der Waals surface area contributed by atoms with Crippen LogP contribution in [0.15, 0.2) is 64.3 Å². The number of hydrogen-bond acceptors (Lipinski definition) is 5. The smallest absolute Gasteiger partial charge is 0.342 e. The molecule has 2 aromatic carbocycles. The number of nitrogens with zero attached hydrogens (tertiary/aromatic N) is 2. The molecule has 1 saturated carbocycles. The topological polar surface area (TPSA) is 69.9 Å². The van der Waals surface area contributed by atoms with Crippen LogP contribution in [-0.2, 0) is 11.2 Å². The molecule has 0 spiro atoms. The van der Waals surface area contributed by atoms with Crippen LogP contribution in [0.4, 0.5) is 0 Å². The Balaban J connectivity index is 1.62. The van der Waals surface area contributed by atoms with E-state index < -0.39 is 5.97 Å². The van der Waals surface area contributed by atoms with Crippen molar-refractivity contribution in [2.75, 3.05) is 7.11 Å². The standard InChI is InChI=1S/C29H25BrN2O4/c1-35-28-23(29(34)36-20-7-3-2-4-8-20)14-22-26-25(28)21-13-19(30)9-10-24(21)32(26)16-18(27(22)33)12-17-6-5-11-31-15-17/h5-6,9-11,13-16,20H,2-4,7-8,12H2,1H3. The van der Waals surface area contributed by atoms with Gasteiger partial charge in [0.2, 0.25) is 0 Å². The summed E-state index contributed by atoms with van der Waals surface area (Å²) in [5.41, 5.74) is 3.44. The Morgan fingerprint density at radius 1 is 1.14 bits per heavy atom. The predicted molar refractivity (Wildman–Crippen MR) is 143 cm³/mol. The lowest BCUT2D eigenvalue weighted by molar-refractivity contribution is 0.0208. The van der Waals surface area contributed by atoms with Gasteiger partial charge < -0.3 is 13.9 Å². The third kappa shape index (κ3) is 3.82. The first-order valence-corrected chi connectivity index (χ1v) is 13.0. The summed E-state index contributed by atoms with van der Waals surface area (Å²) in [7, 11) is 1.56. The lowest BCUT2D eigenvalue weighted by Gasteiger charge is -2.22. The Labute approximate surface area is 216 Å². The molecule has 1 aliphatic rings. The molecule has 0 saturated heterocycles. The highest BCUT2D eigenvalue weighted by Crippen LogP contribution is 2.41. The first kappa shape index (κ1) is 23.0. The molecule has 0 amide bonds. The maximum Gasteiger partial charge on any atom is 0.342 e. The highest BCUT2D eigenvalue weighted by atomic mass is 79.9. The van der Waals surface area contributed by atoms with Gasteiger partial charge in [-0.2, -0.15) is 0 Å². The van der Waals surface area contributed by atoms with Gasteiger partial charge in [0.15, 0.2) is 5.43 Å². The molecule has 0 radical (unpaired) electrons. The molecule has 1 fully saturated rings. The van der Waals surface area contributed by atoms with Crippen molar-refractivity contribution in [3.8, 4) is 5.75 Å².